The molecule has 1 amide bonds. The molecule has 0 aromatic heterocycles. The highest BCUT2D eigenvalue weighted by Gasteiger charge is 2.25. The molecule has 0 bridgehead atoms. The third-order valence-corrected chi connectivity index (χ3v) is 2.35. The molecule has 0 spiro atoms. The third kappa shape index (κ3) is 1.97. The van der Waals surface area contributed by atoms with E-state index in [1.165, 1.54) is 12.1 Å². The second-order valence-corrected chi connectivity index (χ2v) is 3.39. The van der Waals surface area contributed by atoms with Gasteiger partial charge in [0.05, 0.1) is 11.7 Å². The van der Waals surface area contributed by atoms with Gasteiger partial charge in [-0.2, -0.15) is 0 Å². The molecular weight excluding hydrogens is 202 g/mol. The van der Waals surface area contributed by atoms with Crippen LogP contribution in [0.3, 0.4) is 0 Å². The quantitative estimate of drug-likeness (QED) is 0.775. The monoisotopic (exact) mass is 212 g/mol. The first-order valence-electron chi connectivity index (χ1n) is 4.67. The van der Waals surface area contributed by atoms with Crippen LogP contribution in [0.1, 0.15) is 6.42 Å². The number of rotatable bonds is 2. The van der Waals surface area contributed by atoms with Gasteiger partial charge in [-0.3, -0.25) is 4.79 Å². The second kappa shape index (κ2) is 3.94. The van der Waals surface area contributed by atoms with Gasteiger partial charge in [0.1, 0.15) is 0 Å². The number of carbonyl (C=O) groups excluding carboxylic acids is 1. The van der Waals surface area contributed by atoms with Crippen LogP contribution in [0.15, 0.2) is 18.2 Å². The van der Waals surface area contributed by atoms with E-state index in [0.717, 1.165) is 19.0 Å². The molecule has 2 rings (SSSR count). The molecule has 1 aromatic carbocycles. The van der Waals surface area contributed by atoms with Crippen LogP contribution in [0.4, 0.5) is 14.5 Å². The Morgan fingerprint density at radius 3 is 2.80 bits per heavy atom. The Labute approximate surface area is 85.5 Å². The number of hydrogen-bond acceptors (Lipinski definition) is 2. The fourth-order valence-electron chi connectivity index (χ4n) is 1.33. The van der Waals surface area contributed by atoms with E-state index < -0.39 is 11.6 Å². The molecule has 1 aliphatic heterocycles. The molecule has 1 heterocycles. The maximum Gasteiger partial charge on any atom is 0.241 e. The number of benzene rings is 1. The molecule has 3 nitrogen and oxygen atoms in total. The predicted octanol–water partition coefficient (Wildman–Crippen LogP) is 1.27. The lowest BCUT2D eigenvalue weighted by atomic mass is 10.1. The summed E-state index contributed by atoms with van der Waals surface area (Å²) in [5.41, 5.74) is -0.117. The molecule has 1 fully saturated rings. The van der Waals surface area contributed by atoms with Crippen molar-refractivity contribution in [3.8, 4) is 0 Å². The molecule has 2 N–H and O–H groups in total. The Bertz CT molecular complexity index is 391. The fraction of sp³-hybridized carbons (Fsp3) is 0.300. The van der Waals surface area contributed by atoms with Crippen molar-refractivity contribution in [3.05, 3.63) is 29.8 Å². The number of nitrogens with one attached hydrogen (secondary N) is 2. The van der Waals surface area contributed by atoms with E-state index in [-0.39, 0.29) is 17.6 Å². The zero-order chi connectivity index (χ0) is 10.8. The van der Waals surface area contributed by atoms with Crippen molar-refractivity contribution in [2.24, 2.45) is 0 Å². The average molecular weight is 212 g/mol. The number of halogens is 2. The molecule has 1 saturated heterocycles. The summed E-state index contributed by atoms with van der Waals surface area (Å²) in [5, 5.41) is 5.21. The molecule has 80 valence electrons. The van der Waals surface area contributed by atoms with Crippen molar-refractivity contribution < 1.29 is 13.6 Å². The Morgan fingerprint density at radius 2 is 2.20 bits per heavy atom. The first kappa shape index (κ1) is 10.0. The summed E-state index contributed by atoms with van der Waals surface area (Å²) < 4.78 is 25.9. The van der Waals surface area contributed by atoms with Crippen LogP contribution >= 0.6 is 0 Å². The smallest absolute Gasteiger partial charge is 0.241 e. The predicted molar refractivity (Wildman–Crippen MR) is 51.4 cm³/mol. The van der Waals surface area contributed by atoms with Crippen LogP contribution < -0.4 is 10.6 Å². The first-order valence-corrected chi connectivity index (χ1v) is 4.67. The Kier molecular flexibility index (Phi) is 2.64. The fourth-order valence-corrected chi connectivity index (χ4v) is 1.33. The van der Waals surface area contributed by atoms with E-state index >= 15 is 0 Å². The molecule has 0 aliphatic carbocycles. The van der Waals surface area contributed by atoms with Crippen LogP contribution in [-0.2, 0) is 4.79 Å². The van der Waals surface area contributed by atoms with Crippen molar-refractivity contribution in [2.45, 2.75) is 12.5 Å². The number of amides is 1. The summed E-state index contributed by atoms with van der Waals surface area (Å²) in [7, 11) is 0. The average Bonchev–Trinajstić information content (AvgIpc) is 2.10. The van der Waals surface area contributed by atoms with E-state index in [9.17, 15) is 13.6 Å². The number of hydrogen-bond donors (Lipinski definition) is 2. The molecule has 0 unspecified atom stereocenters. The van der Waals surface area contributed by atoms with Gasteiger partial charge >= 0.3 is 0 Å². The zero-order valence-corrected chi connectivity index (χ0v) is 7.89. The van der Waals surface area contributed by atoms with Crippen LogP contribution in [0.5, 0.6) is 0 Å². The summed E-state index contributed by atoms with van der Waals surface area (Å²) in [6.07, 6.45) is 0.725. The van der Waals surface area contributed by atoms with Crippen molar-refractivity contribution in [3.63, 3.8) is 0 Å². The summed E-state index contributed by atoms with van der Waals surface area (Å²) in [4.78, 5) is 11.4. The summed E-state index contributed by atoms with van der Waals surface area (Å²) >= 11 is 0. The van der Waals surface area contributed by atoms with E-state index in [4.69, 9.17) is 0 Å². The Balaban J connectivity index is 2.09. The molecular formula is C10H10F2N2O. The molecule has 15 heavy (non-hydrogen) atoms. The normalized spacial score (nSPS) is 19.5. The van der Waals surface area contributed by atoms with Crippen molar-refractivity contribution in [1.82, 2.24) is 5.32 Å². The lowest BCUT2D eigenvalue weighted by molar-refractivity contribution is -0.119. The standard InChI is InChI=1S/C10H10F2N2O/c11-6-2-1-3-7(9(6)12)14-10(15)8-4-5-13-8/h1-3,8,13H,4-5H2,(H,14,15)/t8-/m1/s1. The molecule has 1 aromatic rings. The summed E-state index contributed by atoms with van der Waals surface area (Å²) in [6, 6.07) is 3.40. The number of anilines is 1. The molecule has 0 radical (unpaired) electrons. The van der Waals surface area contributed by atoms with Crippen molar-refractivity contribution in [1.29, 1.82) is 0 Å². The highest BCUT2D eigenvalue weighted by Crippen LogP contribution is 2.17. The van der Waals surface area contributed by atoms with Gasteiger partial charge in [0.2, 0.25) is 5.91 Å². The van der Waals surface area contributed by atoms with E-state index in [1.807, 2.05) is 0 Å². The molecule has 5 heteroatoms. The van der Waals surface area contributed by atoms with Crippen LogP contribution in [0.25, 0.3) is 0 Å². The van der Waals surface area contributed by atoms with Gasteiger partial charge in [0, 0.05) is 0 Å². The van der Waals surface area contributed by atoms with Gasteiger partial charge in [0.15, 0.2) is 11.6 Å². The van der Waals surface area contributed by atoms with Crippen LogP contribution in [0, 0.1) is 11.6 Å². The molecule has 0 saturated carbocycles. The Hall–Kier alpha value is -1.49. The van der Waals surface area contributed by atoms with Gasteiger partial charge in [-0.1, -0.05) is 6.07 Å². The molecule has 1 aliphatic rings. The lowest BCUT2D eigenvalue weighted by Crippen LogP contribution is -2.50. The van der Waals surface area contributed by atoms with Gasteiger partial charge < -0.3 is 10.6 Å². The van der Waals surface area contributed by atoms with Crippen LogP contribution in [0.2, 0.25) is 0 Å². The lowest BCUT2D eigenvalue weighted by Gasteiger charge is -2.26. The first-order chi connectivity index (χ1) is 7.18. The largest absolute Gasteiger partial charge is 0.322 e. The van der Waals surface area contributed by atoms with E-state index in [0.29, 0.717) is 0 Å². The minimum absolute atomic E-state index is 0.117. The minimum Gasteiger partial charge on any atom is -0.322 e. The summed E-state index contributed by atoms with van der Waals surface area (Å²) in [5.74, 6) is -2.31. The van der Waals surface area contributed by atoms with E-state index in [2.05, 4.69) is 10.6 Å². The van der Waals surface area contributed by atoms with Crippen molar-refractivity contribution in [2.75, 3.05) is 11.9 Å². The zero-order valence-electron chi connectivity index (χ0n) is 7.89. The topological polar surface area (TPSA) is 41.1 Å². The second-order valence-electron chi connectivity index (χ2n) is 3.39. The van der Waals surface area contributed by atoms with Crippen LogP contribution in [-0.4, -0.2) is 18.5 Å². The van der Waals surface area contributed by atoms with E-state index in [1.54, 1.807) is 0 Å². The Morgan fingerprint density at radius 1 is 1.47 bits per heavy atom. The minimum atomic E-state index is -1.02. The highest BCUT2D eigenvalue weighted by atomic mass is 19.2. The highest BCUT2D eigenvalue weighted by molar-refractivity contribution is 5.95. The SMILES string of the molecule is O=C(Nc1cccc(F)c1F)[C@H]1CCN1. The summed E-state index contributed by atoms with van der Waals surface area (Å²) in [6.45, 7) is 0.781. The maximum atomic E-state index is 13.1. The van der Waals surface area contributed by atoms with Crippen molar-refractivity contribution >= 4 is 11.6 Å². The maximum absolute atomic E-state index is 13.1. The van der Waals surface area contributed by atoms with Gasteiger partial charge in [0.25, 0.3) is 0 Å². The number of carbonyl (C=O) groups is 1. The van der Waals surface area contributed by atoms with Gasteiger partial charge in [-0.05, 0) is 25.1 Å². The van der Waals surface area contributed by atoms with Gasteiger partial charge in [-0.15, -0.1) is 0 Å². The van der Waals surface area contributed by atoms with Gasteiger partial charge in [-0.25, -0.2) is 8.78 Å². The third-order valence-electron chi connectivity index (χ3n) is 2.35. The molecule has 1 atom stereocenters.